The lowest BCUT2D eigenvalue weighted by Crippen LogP contribution is -2.22. The van der Waals surface area contributed by atoms with Gasteiger partial charge in [-0.15, -0.1) is 0 Å². The Morgan fingerprint density at radius 2 is 1.88 bits per heavy atom. The van der Waals surface area contributed by atoms with Gasteiger partial charge in [0.15, 0.2) is 0 Å². The van der Waals surface area contributed by atoms with E-state index < -0.39 is 0 Å². The summed E-state index contributed by atoms with van der Waals surface area (Å²) in [5, 5.41) is 0. The molecule has 0 N–H and O–H groups in total. The highest BCUT2D eigenvalue weighted by molar-refractivity contribution is 5.79. The van der Waals surface area contributed by atoms with Crippen LogP contribution in [0.3, 0.4) is 0 Å². The minimum absolute atomic E-state index is 0.0688. The monoisotopic (exact) mass is 228 g/mol. The molecule has 1 aromatic carbocycles. The first-order valence-corrected chi connectivity index (χ1v) is 6.15. The normalized spacial score (nSPS) is 16.2. The number of benzene rings is 1. The number of hydrogen-bond donors (Lipinski definition) is 0. The lowest BCUT2D eigenvalue weighted by Gasteiger charge is -2.13. The van der Waals surface area contributed by atoms with Crippen molar-refractivity contribution in [2.24, 2.45) is 7.05 Å². The van der Waals surface area contributed by atoms with Crippen LogP contribution >= 0.6 is 0 Å². The van der Waals surface area contributed by atoms with Gasteiger partial charge in [-0.25, -0.2) is 4.79 Å². The Labute approximate surface area is 100.0 Å². The maximum Gasteiger partial charge on any atom is 0.333 e. The lowest BCUT2D eigenvalue weighted by atomic mass is 10.0. The molecular weight excluding hydrogens is 212 g/mol. The zero-order valence-corrected chi connectivity index (χ0v) is 10.0. The second kappa shape index (κ2) is 3.91. The van der Waals surface area contributed by atoms with Gasteiger partial charge in [0, 0.05) is 12.7 Å². The molecule has 0 saturated carbocycles. The predicted molar refractivity (Wildman–Crippen MR) is 69.9 cm³/mol. The number of rotatable bonds is 1. The Bertz CT molecular complexity index is 646. The van der Waals surface area contributed by atoms with E-state index in [0.717, 1.165) is 29.6 Å². The van der Waals surface area contributed by atoms with Gasteiger partial charge >= 0.3 is 5.69 Å². The first-order chi connectivity index (χ1) is 8.29. The fourth-order valence-corrected chi connectivity index (χ4v) is 2.59. The number of fused-ring (bicyclic) bond motifs is 1. The number of hydrogen-bond acceptors (Lipinski definition) is 1. The van der Waals surface area contributed by atoms with E-state index in [2.05, 4.69) is 6.08 Å². The fourth-order valence-electron chi connectivity index (χ4n) is 2.59. The molecule has 0 unspecified atom stereocenters. The summed E-state index contributed by atoms with van der Waals surface area (Å²) in [6.07, 6.45) is 6.72. The van der Waals surface area contributed by atoms with Crippen molar-refractivity contribution in [3.63, 3.8) is 0 Å². The molecule has 0 saturated heterocycles. The topological polar surface area (TPSA) is 26.9 Å². The maximum absolute atomic E-state index is 12.3. The number of allylic oxidation sites excluding steroid dienone is 2. The molecule has 0 bridgehead atoms. The van der Waals surface area contributed by atoms with Crippen LogP contribution in [-0.2, 0) is 7.05 Å². The number of imidazole rings is 1. The summed E-state index contributed by atoms with van der Waals surface area (Å²) in [6, 6.07) is 7.98. The number of aromatic nitrogens is 2. The van der Waals surface area contributed by atoms with E-state index in [1.807, 2.05) is 35.9 Å². The third kappa shape index (κ3) is 1.54. The largest absolute Gasteiger partial charge is 0.333 e. The third-order valence-electron chi connectivity index (χ3n) is 3.52. The Morgan fingerprint density at radius 1 is 1.12 bits per heavy atom. The van der Waals surface area contributed by atoms with Crippen LogP contribution in [0.5, 0.6) is 0 Å². The van der Waals surface area contributed by atoms with Crippen LogP contribution in [0.25, 0.3) is 16.7 Å². The molecule has 1 heterocycles. The highest BCUT2D eigenvalue weighted by Gasteiger charge is 2.14. The molecule has 3 nitrogen and oxygen atoms in total. The second-order valence-corrected chi connectivity index (χ2v) is 4.61. The van der Waals surface area contributed by atoms with Crippen LogP contribution in [0.4, 0.5) is 0 Å². The van der Waals surface area contributed by atoms with Gasteiger partial charge in [0.05, 0.1) is 11.0 Å². The molecule has 88 valence electrons. The summed E-state index contributed by atoms with van der Waals surface area (Å²) in [5.41, 5.74) is 3.26. The Kier molecular flexibility index (Phi) is 2.39. The summed E-state index contributed by atoms with van der Waals surface area (Å²) in [7, 11) is 1.84. The molecule has 1 aliphatic rings. The average Bonchev–Trinajstić information content (AvgIpc) is 2.64. The standard InChI is InChI=1S/C14H16N2O/c1-15-12-9-5-6-10-13(12)16(14(15)17)11-7-3-2-4-8-11/h5-7,9-10H,2-4,8H2,1H3. The van der Waals surface area contributed by atoms with Gasteiger partial charge in [0.2, 0.25) is 0 Å². The maximum atomic E-state index is 12.3. The van der Waals surface area contributed by atoms with Gasteiger partial charge in [0.1, 0.15) is 0 Å². The predicted octanol–water partition coefficient (Wildman–Crippen LogP) is 2.75. The van der Waals surface area contributed by atoms with Crippen molar-refractivity contribution >= 4 is 16.7 Å². The molecule has 0 fully saturated rings. The van der Waals surface area contributed by atoms with Crippen LogP contribution in [0, 0.1) is 0 Å². The van der Waals surface area contributed by atoms with E-state index >= 15 is 0 Å². The number of para-hydroxylation sites is 2. The van der Waals surface area contributed by atoms with E-state index in [9.17, 15) is 4.79 Å². The SMILES string of the molecule is Cn1c(=O)n(C2=CCCCC2)c2ccccc21. The summed E-state index contributed by atoms with van der Waals surface area (Å²) in [6.45, 7) is 0. The molecule has 3 rings (SSSR count). The first-order valence-electron chi connectivity index (χ1n) is 6.15. The average molecular weight is 228 g/mol. The molecule has 0 spiro atoms. The van der Waals surface area contributed by atoms with Crippen molar-refractivity contribution < 1.29 is 0 Å². The molecule has 1 aliphatic carbocycles. The van der Waals surface area contributed by atoms with E-state index in [-0.39, 0.29) is 5.69 Å². The van der Waals surface area contributed by atoms with Gasteiger partial charge in [-0.1, -0.05) is 18.2 Å². The molecule has 1 aromatic heterocycles. The smallest absolute Gasteiger partial charge is 0.295 e. The van der Waals surface area contributed by atoms with Crippen molar-refractivity contribution in [3.05, 3.63) is 40.8 Å². The van der Waals surface area contributed by atoms with Crippen molar-refractivity contribution in [2.75, 3.05) is 0 Å². The van der Waals surface area contributed by atoms with E-state index in [4.69, 9.17) is 0 Å². The highest BCUT2D eigenvalue weighted by atomic mass is 16.1. The van der Waals surface area contributed by atoms with Crippen molar-refractivity contribution in [1.82, 2.24) is 9.13 Å². The Balaban J connectivity index is 2.32. The molecule has 3 heteroatoms. The summed E-state index contributed by atoms with van der Waals surface area (Å²) >= 11 is 0. The van der Waals surface area contributed by atoms with Crippen LogP contribution in [0.1, 0.15) is 25.7 Å². The first kappa shape index (κ1) is 10.4. The third-order valence-corrected chi connectivity index (χ3v) is 3.52. The second-order valence-electron chi connectivity index (χ2n) is 4.61. The molecule has 17 heavy (non-hydrogen) atoms. The Hall–Kier alpha value is -1.77. The van der Waals surface area contributed by atoms with Crippen LogP contribution in [-0.4, -0.2) is 9.13 Å². The van der Waals surface area contributed by atoms with Gasteiger partial charge in [-0.05, 0) is 37.8 Å². The highest BCUT2D eigenvalue weighted by Crippen LogP contribution is 2.24. The van der Waals surface area contributed by atoms with E-state index in [1.54, 1.807) is 4.57 Å². The summed E-state index contributed by atoms with van der Waals surface area (Å²) in [4.78, 5) is 12.3. The Morgan fingerprint density at radius 3 is 2.59 bits per heavy atom. The minimum Gasteiger partial charge on any atom is -0.295 e. The van der Waals surface area contributed by atoms with Gasteiger partial charge in [-0.3, -0.25) is 9.13 Å². The van der Waals surface area contributed by atoms with Gasteiger partial charge < -0.3 is 0 Å². The minimum atomic E-state index is 0.0688. The summed E-state index contributed by atoms with van der Waals surface area (Å²) < 4.78 is 3.60. The number of aryl methyl sites for hydroxylation is 1. The van der Waals surface area contributed by atoms with Crippen LogP contribution in [0.2, 0.25) is 0 Å². The van der Waals surface area contributed by atoms with Gasteiger partial charge in [-0.2, -0.15) is 0 Å². The van der Waals surface area contributed by atoms with E-state index in [1.165, 1.54) is 12.8 Å². The van der Waals surface area contributed by atoms with Crippen LogP contribution in [0.15, 0.2) is 35.1 Å². The molecule has 0 amide bonds. The van der Waals surface area contributed by atoms with Crippen LogP contribution < -0.4 is 5.69 Å². The summed E-state index contributed by atoms with van der Waals surface area (Å²) in [5.74, 6) is 0. The zero-order valence-electron chi connectivity index (χ0n) is 10.0. The van der Waals surface area contributed by atoms with Crippen molar-refractivity contribution in [2.45, 2.75) is 25.7 Å². The molecule has 0 atom stereocenters. The molecule has 0 aliphatic heterocycles. The molecular formula is C14H16N2O. The quantitative estimate of drug-likeness (QED) is 0.737. The molecule has 2 aromatic rings. The zero-order chi connectivity index (χ0) is 11.8. The van der Waals surface area contributed by atoms with E-state index in [0.29, 0.717) is 0 Å². The molecule has 0 radical (unpaired) electrons. The number of nitrogens with zero attached hydrogens (tertiary/aromatic N) is 2. The van der Waals surface area contributed by atoms with Crippen molar-refractivity contribution in [1.29, 1.82) is 0 Å². The fraction of sp³-hybridized carbons (Fsp3) is 0.357. The lowest BCUT2D eigenvalue weighted by molar-refractivity contribution is 0.710. The van der Waals surface area contributed by atoms with Gasteiger partial charge in [0.25, 0.3) is 0 Å². The van der Waals surface area contributed by atoms with Crippen molar-refractivity contribution in [3.8, 4) is 0 Å².